The number of amidine groups is 1. The van der Waals surface area contributed by atoms with Crippen LogP contribution in [0.4, 0.5) is 0 Å². The molecule has 6 heteroatoms. The molecule has 0 saturated carbocycles. The number of nitrogens with zero attached hydrogens (tertiary/aromatic N) is 2. The zero-order valence-electron chi connectivity index (χ0n) is 10.8. The third-order valence-electron chi connectivity index (χ3n) is 3.89. The number of likely N-dealkylation sites (tertiary alicyclic amines) is 1. The summed E-state index contributed by atoms with van der Waals surface area (Å²) in [7, 11) is 0. The van der Waals surface area contributed by atoms with Crippen LogP contribution in [-0.4, -0.2) is 46.6 Å². The molecule has 102 valence electrons. The van der Waals surface area contributed by atoms with E-state index in [1.165, 1.54) is 0 Å². The molecule has 2 atom stereocenters. The Bertz CT molecular complexity index is 350. The van der Waals surface area contributed by atoms with Crippen LogP contribution in [-0.2, 0) is 9.53 Å². The second-order valence-corrected chi connectivity index (χ2v) is 5.22. The molecule has 0 radical (unpaired) electrons. The molecule has 2 aliphatic heterocycles. The Kier molecular flexibility index (Phi) is 3.75. The third kappa shape index (κ3) is 2.29. The largest absolute Gasteiger partial charge is 0.409 e. The summed E-state index contributed by atoms with van der Waals surface area (Å²) in [5.41, 5.74) is 4.95. The average molecular weight is 255 g/mol. The minimum Gasteiger partial charge on any atom is -0.409 e. The Morgan fingerprint density at radius 3 is 2.89 bits per heavy atom. The first kappa shape index (κ1) is 13.1. The van der Waals surface area contributed by atoms with Crippen LogP contribution < -0.4 is 5.73 Å². The van der Waals surface area contributed by atoms with Crippen molar-refractivity contribution in [1.29, 1.82) is 0 Å². The number of hydrogen-bond donors (Lipinski definition) is 2. The number of amides is 1. The normalized spacial score (nSPS) is 33.7. The number of oxime groups is 1. The number of nitrogens with two attached hydrogens (primary N) is 1. The van der Waals surface area contributed by atoms with Crippen molar-refractivity contribution in [2.24, 2.45) is 10.9 Å². The predicted molar refractivity (Wildman–Crippen MR) is 66.4 cm³/mol. The van der Waals surface area contributed by atoms with Gasteiger partial charge in [0.2, 0.25) is 0 Å². The van der Waals surface area contributed by atoms with E-state index in [2.05, 4.69) is 5.16 Å². The second-order valence-electron chi connectivity index (χ2n) is 5.22. The van der Waals surface area contributed by atoms with E-state index in [1.807, 2.05) is 6.92 Å². The van der Waals surface area contributed by atoms with Gasteiger partial charge >= 0.3 is 0 Å². The first-order chi connectivity index (χ1) is 8.58. The molecule has 0 aliphatic carbocycles. The molecule has 0 bridgehead atoms. The smallest absolute Gasteiger partial charge is 0.255 e. The van der Waals surface area contributed by atoms with E-state index in [1.54, 1.807) is 4.90 Å². The minimum atomic E-state index is -0.731. The maximum absolute atomic E-state index is 12.6. The molecule has 2 heterocycles. The highest BCUT2D eigenvalue weighted by Crippen LogP contribution is 2.30. The summed E-state index contributed by atoms with van der Waals surface area (Å²) in [6.45, 7) is 3.11. The molecule has 0 aromatic heterocycles. The SMILES string of the molecule is CC1(C(=O)N2CCCCC2C(N)=NO)CCCO1. The summed E-state index contributed by atoms with van der Waals surface area (Å²) in [5, 5.41) is 11.9. The van der Waals surface area contributed by atoms with Gasteiger partial charge in [0.05, 0.1) is 6.04 Å². The number of hydrogen-bond acceptors (Lipinski definition) is 4. The van der Waals surface area contributed by atoms with Crippen LogP contribution >= 0.6 is 0 Å². The van der Waals surface area contributed by atoms with Gasteiger partial charge in [-0.1, -0.05) is 5.16 Å². The lowest BCUT2D eigenvalue weighted by atomic mass is 9.95. The van der Waals surface area contributed by atoms with Crippen LogP contribution in [0.2, 0.25) is 0 Å². The van der Waals surface area contributed by atoms with Gasteiger partial charge in [0, 0.05) is 13.2 Å². The van der Waals surface area contributed by atoms with E-state index in [4.69, 9.17) is 15.7 Å². The molecule has 0 aromatic rings. The number of piperidine rings is 1. The number of rotatable bonds is 2. The first-order valence-corrected chi connectivity index (χ1v) is 6.51. The summed E-state index contributed by atoms with van der Waals surface area (Å²) < 4.78 is 5.58. The van der Waals surface area contributed by atoms with Crippen molar-refractivity contribution in [3.8, 4) is 0 Å². The van der Waals surface area contributed by atoms with Gasteiger partial charge in [0.15, 0.2) is 5.84 Å². The van der Waals surface area contributed by atoms with Crippen LogP contribution in [0.1, 0.15) is 39.0 Å². The number of carbonyl (C=O) groups excluding carboxylic acids is 1. The molecule has 0 spiro atoms. The quantitative estimate of drug-likeness (QED) is 0.329. The second kappa shape index (κ2) is 5.14. The highest BCUT2D eigenvalue weighted by atomic mass is 16.5. The van der Waals surface area contributed by atoms with Crippen LogP contribution in [0.3, 0.4) is 0 Å². The summed E-state index contributed by atoms with van der Waals surface area (Å²) in [6, 6.07) is -0.294. The van der Waals surface area contributed by atoms with Crippen LogP contribution in [0.25, 0.3) is 0 Å². The molecule has 2 aliphatic rings. The zero-order valence-corrected chi connectivity index (χ0v) is 10.8. The lowest BCUT2D eigenvalue weighted by Gasteiger charge is -2.39. The van der Waals surface area contributed by atoms with Crippen molar-refractivity contribution in [2.45, 2.75) is 50.7 Å². The molecule has 18 heavy (non-hydrogen) atoms. The zero-order chi connectivity index (χ0) is 13.2. The minimum absolute atomic E-state index is 0.0312. The molecule has 0 aromatic carbocycles. The molecule has 1 amide bonds. The number of ether oxygens (including phenoxy) is 1. The van der Waals surface area contributed by atoms with Crippen molar-refractivity contribution in [1.82, 2.24) is 4.90 Å². The highest BCUT2D eigenvalue weighted by Gasteiger charge is 2.43. The van der Waals surface area contributed by atoms with Gasteiger partial charge in [0.25, 0.3) is 5.91 Å². The topological polar surface area (TPSA) is 88.2 Å². The molecule has 2 saturated heterocycles. The standard InChI is InChI=1S/C12H21N3O3/c1-12(6-4-8-18-12)11(16)15-7-3-2-5-9(15)10(13)14-17/h9,17H,2-8H2,1H3,(H2,13,14). The maximum atomic E-state index is 12.6. The van der Waals surface area contributed by atoms with Crippen molar-refractivity contribution in [2.75, 3.05) is 13.2 Å². The Morgan fingerprint density at radius 1 is 1.50 bits per heavy atom. The Balaban J connectivity index is 2.16. The summed E-state index contributed by atoms with van der Waals surface area (Å²) in [5.74, 6) is 0.0842. The van der Waals surface area contributed by atoms with E-state index in [9.17, 15) is 4.79 Å². The summed E-state index contributed by atoms with van der Waals surface area (Å²) >= 11 is 0. The molecular formula is C12H21N3O3. The van der Waals surface area contributed by atoms with Crippen molar-refractivity contribution >= 4 is 11.7 Å². The third-order valence-corrected chi connectivity index (χ3v) is 3.89. The van der Waals surface area contributed by atoms with Crippen LogP contribution in [0.5, 0.6) is 0 Å². The summed E-state index contributed by atoms with van der Waals surface area (Å²) in [4.78, 5) is 14.3. The molecule has 2 rings (SSSR count). The van der Waals surface area contributed by atoms with E-state index >= 15 is 0 Å². The highest BCUT2D eigenvalue weighted by molar-refractivity contribution is 5.93. The molecule has 2 fully saturated rings. The Labute approximate surface area is 107 Å². The molecule has 3 N–H and O–H groups in total. The van der Waals surface area contributed by atoms with Gasteiger partial charge in [-0.3, -0.25) is 4.79 Å². The molecular weight excluding hydrogens is 234 g/mol. The van der Waals surface area contributed by atoms with E-state index in [-0.39, 0.29) is 17.8 Å². The van der Waals surface area contributed by atoms with Gasteiger partial charge in [0.1, 0.15) is 5.60 Å². The van der Waals surface area contributed by atoms with Gasteiger partial charge in [-0.15, -0.1) is 0 Å². The van der Waals surface area contributed by atoms with Crippen molar-refractivity contribution < 1.29 is 14.7 Å². The van der Waals surface area contributed by atoms with Gasteiger partial charge < -0.3 is 20.6 Å². The van der Waals surface area contributed by atoms with Crippen LogP contribution in [0, 0.1) is 0 Å². The molecule has 2 unspecified atom stereocenters. The van der Waals surface area contributed by atoms with E-state index < -0.39 is 5.60 Å². The van der Waals surface area contributed by atoms with Crippen molar-refractivity contribution in [3.05, 3.63) is 0 Å². The van der Waals surface area contributed by atoms with Crippen LogP contribution in [0.15, 0.2) is 5.16 Å². The van der Waals surface area contributed by atoms with Gasteiger partial charge in [-0.05, 0) is 39.0 Å². The number of carbonyl (C=O) groups is 1. The molecule has 6 nitrogen and oxygen atoms in total. The first-order valence-electron chi connectivity index (χ1n) is 6.51. The van der Waals surface area contributed by atoms with E-state index in [0.717, 1.165) is 32.1 Å². The summed E-state index contributed by atoms with van der Waals surface area (Å²) in [6.07, 6.45) is 4.34. The average Bonchev–Trinajstić information content (AvgIpc) is 2.85. The van der Waals surface area contributed by atoms with Gasteiger partial charge in [-0.25, -0.2) is 0 Å². The fourth-order valence-corrected chi connectivity index (χ4v) is 2.80. The van der Waals surface area contributed by atoms with E-state index in [0.29, 0.717) is 13.2 Å². The van der Waals surface area contributed by atoms with Gasteiger partial charge in [-0.2, -0.15) is 0 Å². The lowest BCUT2D eigenvalue weighted by molar-refractivity contribution is -0.153. The van der Waals surface area contributed by atoms with Crippen molar-refractivity contribution in [3.63, 3.8) is 0 Å². The maximum Gasteiger partial charge on any atom is 0.255 e. The lowest BCUT2D eigenvalue weighted by Crippen LogP contribution is -2.56. The Hall–Kier alpha value is -1.30. The predicted octanol–water partition coefficient (Wildman–Crippen LogP) is 0.683. The fourth-order valence-electron chi connectivity index (χ4n) is 2.80. The Morgan fingerprint density at radius 2 is 2.28 bits per heavy atom. The monoisotopic (exact) mass is 255 g/mol. The fraction of sp³-hybridized carbons (Fsp3) is 0.833.